The number of nitrogens with one attached hydrogen (secondary N) is 1. The van der Waals surface area contributed by atoms with Crippen LogP contribution in [0, 0.1) is 5.92 Å². The maximum absolute atomic E-state index is 11.5. The lowest BCUT2D eigenvalue weighted by molar-refractivity contribution is 0.208. The second-order valence-corrected chi connectivity index (χ2v) is 4.54. The molecular weight excluding hydrogens is 218 g/mol. The molecule has 0 bridgehead atoms. The third-order valence-electron chi connectivity index (χ3n) is 3.21. The van der Waals surface area contributed by atoms with Gasteiger partial charge in [-0.2, -0.15) is 0 Å². The lowest BCUT2D eigenvalue weighted by Crippen LogP contribution is -2.38. The molecule has 0 saturated carbocycles. The zero-order valence-electron chi connectivity index (χ0n) is 10.1. The molecule has 2 heterocycles. The molecule has 17 heavy (non-hydrogen) atoms. The number of hydrogen-bond donors (Lipinski definition) is 2. The number of aliphatic hydroxyl groups is 1. The first-order valence-corrected chi connectivity index (χ1v) is 6.19. The summed E-state index contributed by atoms with van der Waals surface area (Å²) in [5.74, 6) is 1.76. The number of hydrogen-bond acceptors (Lipinski definition) is 4. The minimum Gasteiger partial charge on any atom is -0.396 e. The summed E-state index contributed by atoms with van der Waals surface area (Å²) in [7, 11) is 0. The van der Waals surface area contributed by atoms with E-state index in [9.17, 15) is 9.90 Å². The number of piperidine rings is 1. The van der Waals surface area contributed by atoms with Crippen LogP contribution in [0.25, 0.3) is 0 Å². The molecule has 1 aliphatic rings. The molecule has 1 fully saturated rings. The van der Waals surface area contributed by atoms with Crippen LogP contribution in [0.3, 0.4) is 0 Å². The van der Waals surface area contributed by atoms with Gasteiger partial charge >= 0.3 is 0 Å². The van der Waals surface area contributed by atoms with Crippen LogP contribution in [-0.2, 0) is 6.42 Å². The maximum atomic E-state index is 11.5. The standard InChI is InChI=1S/C12H19N3O2/c1-2-10-13-11(6-12(17)14-10)15-5-3-4-9(7-15)8-16/h6,9,16H,2-5,7-8H2,1H3,(H,13,14,17). The first kappa shape index (κ1) is 12.1. The van der Waals surface area contributed by atoms with Gasteiger partial charge in [-0.3, -0.25) is 4.79 Å². The number of aryl methyl sites for hydroxylation is 1. The van der Waals surface area contributed by atoms with E-state index < -0.39 is 0 Å². The normalized spacial score (nSPS) is 20.6. The Hall–Kier alpha value is -1.36. The van der Waals surface area contributed by atoms with Gasteiger partial charge in [-0.1, -0.05) is 6.92 Å². The Morgan fingerprint density at radius 1 is 1.65 bits per heavy atom. The van der Waals surface area contributed by atoms with E-state index in [0.29, 0.717) is 5.92 Å². The Labute approximate surface area is 100 Å². The highest BCUT2D eigenvalue weighted by Gasteiger charge is 2.20. The molecule has 5 heteroatoms. The van der Waals surface area contributed by atoms with Gasteiger partial charge in [0, 0.05) is 32.2 Å². The average molecular weight is 237 g/mol. The fraction of sp³-hybridized carbons (Fsp3) is 0.667. The number of nitrogens with zero attached hydrogens (tertiary/aromatic N) is 2. The van der Waals surface area contributed by atoms with Crippen molar-refractivity contribution in [2.24, 2.45) is 5.92 Å². The number of rotatable bonds is 3. The molecule has 0 amide bonds. The molecule has 0 aromatic carbocycles. The van der Waals surface area contributed by atoms with Crippen molar-refractivity contribution in [2.45, 2.75) is 26.2 Å². The minimum absolute atomic E-state index is 0.0991. The van der Waals surface area contributed by atoms with Crippen LogP contribution in [0.2, 0.25) is 0 Å². The van der Waals surface area contributed by atoms with E-state index in [-0.39, 0.29) is 12.2 Å². The predicted molar refractivity (Wildman–Crippen MR) is 66.3 cm³/mol. The van der Waals surface area contributed by atoms with Crippen LogP contribution < -0.4 is 10.5 Å². The summed E-state index contributed by atoms with van der Waals surface area (Å²) >= 11 is 0. The molecule has 1 aromatic rings. The number of aliphatic hydroxyl groups excluding tert-OH is 1. The van der Waals surface area contributed by atoms with Crippen molar-refractivity contribution in [3.05, 3.63) is 22.2 Å². The zero-order chi connectivity index (χ0) is 12.3. The molecule has 2 rings (SSSR count). The van der Waals surface area contributed by atoms with Gasteiger partial charge in [-0.25, -0.2) is 4.98 Å². The second kappa shape index (κ2) is 5.31. The van der Waals surface area contributed by atoms with Gasteiger partial charge in [0.25, 0.3) is 5.56 Å². The minimum atomic E-state index is -0.0991. The Kier molecular flexibility index (Phi) is 3.78. The molecule has 0 spiro atoms. The topological polar surface area (TPSA) is 69.2 Å². The monoisotopic (exact) mass is 237 g/mol. The molecule has 1 aliphatic heterocycles. The van der Waals surface area contributed by atoms with Gasteiger partial charge in [0.15, 0.2) is 0 Å². The van der Waals surface area contributed by atoms with Gasteiger partial charge < -0.3 is 15.0 Å². The Bertz CT molecular complexity index is 430. The Morgan fingerprint density at radius 3 is 3.18 bits per heavy atom. The van der Waals surface area contributed by atoms with Gasteiger partial charge in [-0.15, -0.1) is 0 Å². The summed E-state index contributed by atoms with van der Waals surface area (Å²) in [4.78, 5) is 20.7. The van der Waals surface area contributed by atoms with Crippen LogP contribution in [0.4, 0.5) is 5.82 Å². The quantitative estimate of drug-likeness (QED) is 0.805. The smallest absolute Gasteiger partial charge is 0.252 e. The van der Waals surface area contributed by atoms with Crippen molar-refractivity contribution in [3.8, 4) is 0 Å². The van der Waals surface area contributed by atoms with Crippen molar-refractivity contribution >= 4 is 5.82 Å². The summed E-state index contributed by atoms with van der Waals surface area (Å²) in [6.07, 6.45) is 2.82. The largest absolute Gasteiger partial charge is 0.396 e. The average Bonchev–Trinajstić information content (AvgIpc) is 2.38. The summed E-state index contributed by atoms with van der Waals surface area (Å²) in [5, 5.41) is 9.20. The fourth-order valence-corrected chi connectivity index (χ4v) is 2.25. The first-order chi connectivity index (χ1) is 8.22. The summed E-state index contributed by atoms with van der Waals surface area (Å²) in [5.41, 5.74) is -0.0991. The fourth-order valence-electron chi connectivity index (χ4n) is 2.25. The lowest BCUT2D eigenvalue weighted by Gasteiger charge is -2.32. The lowest BCUT2D eigenvalue weighted by atomic mass is 9.99. The zero-order valence-corrected chi connectivity index (χ0v) is 10.1. The van der Waals surface area contributed by atoms with Crippen LogP contribution in [0.5, 0.6) is 0 Å². The van der Waals surface area contributed by atoms with Crippen molar-refractivity contribution in [2.75, 3.05) is 24.6 Å². The Morgan fingerprint density at radius 2 is 2.47 bits per heavy atom. The highest BCUT2D eigenvalue weighted by atomic mass is 16.3. The maximum Gasteiger partial charge on any atom is 0.252 e. The van der Waals surface area contributed by atoms with Crippen LogP contribution in [0.1, 0.15) is 25.6 Å². The van der Waals surface area contributed by atoms with Gasteiger partial charge in [0.2, 0.25) is 0 Å². The number of anilines is 1. The van der Waals surface area contributed by atoms with Gasteiger partial charge in [0.1, 0.15) is 11.6 Å². The van der Waals surface area contributed by atoms with E-state index in [4.69, 9.17) is 0 Å². The van der Waals surface area contributed by atoms with Crippen molar-refractivity contribution < 1.29 is 5.11 Å². The van der Waals surface area contributed by atoms with E-state index >= 15 is 0 Å². The molecular formula is C12H19N3O2. The summed E-state index contributed by atoms with van der Waals surface area (Å²) in [6.45, 7) is 3.88. The van der Waals surface area contributed by atoms with Crippen LogP contribution in [-0.4, -0.2) is 34.8 Å². The molecule has 1 unspecified atom stereocenters. The molecule has 1 saturated heterocycles. The molecule has 0 radical (unpaired) electrons. The third kappa shape index (κ3) is 2.85. The number of H-pyrrole nitrogens is 1. The van der Waals surface area contributed by atoms with E-state index in [0.717, 1.165) is 44.0 Å². The molecule has 94 valence electrons. The molecule has 1 atom stereocenters. The SMILES string of the molecule is CCc1nc(N2CCCC(CO)C2)cc(=O)[nH]1. The van der Waals surface area contributed by atoms with Crippen molar-refractivity contribution in [3.63, 3.8) is 0 Å². The third-order valence-corrected chi connectivity index (χ3v) is 3.21. The van der Waals surface area contributed by atoms with E-state index in [1.54, 1.807) is 6.07 Å². The summed E-state index contributed by atoms with van der Waals surface area (Å²) in [6, 6.07) is 1.54. The van der Waals surface area contributed by atoms with Crippen molar-refractivity contribution in [1.82, 2.24) is 9.97 Å². The summed E-state index contributed by atoms with van der Waals surface area (Å²) < 4.78 is 0. The number of aromatic nitrogens is 2. The highest BCUT2D eigenvalue weighted by molar-refractivity contribution is 5.38. The Balaban J connectivity index is 2.21. The second-order valence-electron chi connectivity index (χ2n) is 4.54. The van der Waals surface area contributed by atoms with Crippen LogP contribution in [0.15, 0.2) is 10.9 Å². The number of aromatic amines is 1. The molecule has 1 aromatic heterocycles. The molecule has 2 N–H and O–H groups in total. The van der Waals surface area contributed by atoms with E-state index in [1.807, 2.05) is 6.92 Å². The van der Waals surface area contributed by atoms with E-state index in [1.165, 1.54) is 0 Å². The van der Waals surface area contributed by atoms with Gasteiger partial charge in [0.05, 0.1) is 0 Å². The highest BCUT2D eigenvalue weighted by Crippen LogP contribution is 2.20. The predicted octanol–water partition coefficient (Wildman–Crippen LogP) is 0.541. The van der Waals surface area contributed by atoms with Crippen LogP contribution >= 0.6 is 0 Å². The molecule has 0 aliphatic carbocycles. The molecule has 5 nitrogen and oxygen atoms in total. The first-order valence-electron chi connectivity index (χ1n) is 6.19. The van der Waals surface area contributed by atoms with Gasteiger partial charge in [-0.05, 0) is 18.8 Å². The van der Waals surface area contributed by atoms with Crippen molar-refractivity contribution in [1.29, 1.82) is 0 Å². The van der Waals surface area contributed by atoms with E-state index in [2.05, 4.69) is 14.9 Å².